The van der Waals surface area contributed by atoms with Crippen molar-refractivity contribution in [3.8, 4) is 5.75 Å². The maximum absolute atomic E-state index is 12.0. The topological polar surface area (TPSA) is 67.8 Å². The van der Waals surface area contributed by atoms with Crippen LogP contribution in [0.5, 0.6) is 5.75 Å². The SMILES string of the molecule is O=C(NN=Cc1ccc(OC(=O)c2ccccc2)cc1)c1ccc(Cl)cc1. The van der Waals surface area contributed by atoms with Crippen molar-refractivity contribution in [3.05, 3.63) is 101 Å². The molecule has 0 aliphatic heterocycles. The zero-order valence-electron chi connectivity index (χ0n) is 14.1. The van der Waals surface area contributed by atoms with Gasteiger partial charge in [0.15, 0.2) is 0 Å². The molecule has 0 saturated heterocycles. The average molecular weight is 379 g/mol. The number of amides is 1. The lowest BCUT2D eigenvalue weighted by Crippen LogP contribution is -2.17. The van der Waals surface area contributed by atoms with Crippen molar-refractivity contribution in [2.75, 3.05) is 0 Å². The number of nitrogens with one attached hydrogen (secondary N) is 1. The minimum absolute atomic E-state index is 0.337. The highest BCUT2D eigenvalue weighted by Gasteiger charge is 2.07. The van der Waals surface area contributed by atoms with Crippen LogP contribution >= 0.6 is 11.6 Å². The zero-order chi connectivity index (χ0) is 19.1. The van der Waals surface area contributed by atoms with Gasteiger partial charge < -0.3 is 4.74 Å². The van der Waals surface area contributed by atoms with Gasteiger partial charge in [-0.05, 0) is 66.2 Å². The summed E-state index contributed by atoms with van der Waals surface area (Å²) in [6.07, 6.45) is 1.50. The van der Waals surface area contributed by atoms with Crippen LogP contribution in [0.2, 0.25) is 5.02 Å². The number of rotatable bonds is 5. The van der Waals surface area contributed by atoms with Crippen LogP contribution in [0.15, 0.2) is 84.0 Å². The van der Waals surface area contributed by atoms with Gasteiger partial charge in [-0.15, -0.1) is 0 Å². The summed E-state index contributed by atoms with van der Waals surface area (Å²) in [6, 6.07) is 22.0. The van der Waals surface area contributed by atoms with Gasteiger partial charge >= 0.3 is 5.97 Å². The monoisotopic (exact) mass is 378 g/mol. The van der Waals surface area contributed by atoms with Crippen molar-refractivity contribution in [1.82, 2.24) is 5.43 Å². The largest absolute Gasteiger partial charge is 0.423 e. The third-order valence-corrected chi connectivity index (χ3v) is 3.84. The van der Waals surface area contributed by atoms with Crippen LogP contribution < -0.4 is 10.2 Å². The Morgan fingerprint density at radius 2 is 1.52 bits per heavy atom. The molecule has 0 bridgehead atoms. The van der Waals surface area contributed by atoms with E-state index in [4.69, 9.17) is 16.3 Å². The van der Waals surface area contributed by atoms with Crippen molar-refractivity contribution in [2.24, 2.45) is 5.10 Å². The molecular weight excluding hydrogens is 364 g/mol. The smallest absolute Gasteiger partial charge is 0.343 e. The maximum Gasteiger partial charge on any atom is 0.343 e. The molecule has 0 heterocycles. The van der Waals surface area contributed by atoms with Gasteiger partial charge in [0.2, 0.25) is 0 Å². The minimum Gasteiger partial charge on any atom is -0.423 e. The molecular formula is C21H15ClN2O3. The molecule has 0 unspecified atom stereocenters. The second kappa shape index (κ2) is 8.78. The van der Waals surface area contributed by atoms with Gasteiger partial charge in [0.05, 0.1) is 11.8 Å². The molecule has 0 aliphatic carbocycles. The summed E-state index contributed by atoms with van der Waals surface area (Å²) in [7, 11) is 0. The normalized spacial score (nSPS) is 10.6. The molecule has 0 fully saturated rings. The number of hydrazone groups is 1. The van der Waals surface area contributed by atoms with Gasteiger partial charge in [0, 0.05) is 10.6 Å². The van der Waals surface area contributed by atoms with Gasteiger partial charge in [0.25, 0.3) is 5.91 Å². The molecule has 134 valence electrons. The quantitative estimate of drug-likeness (QED) is 0.311. The lowest BCUT2D eigenvalue weighted by molar-refractivity contribution is 0.0734. The molecule has 0 aromatic heterocycles. The Morgan fingerprint density at radius 1 is 0.852 bits per heavy atom. The van der Waals surface area contributed by atoms with Crippen LogP contribution in [-0.4, -0.2) is 18.1 Å². The summed E-state index contributed by atoms with van der Waals surface area (Å²) in [4.78, 5) is 23.9. The summed E-state index contributed by atoms with van der Waals surface area (Å²) < 4.78 is 5.30. The number of halogens is 1. The predicted octanol–water partition coefficient (Wildman–Crippen LogP) is 4.32. The summed E-state index contributed by atoms with van der Waals surface area (Å²) in [5.41, 5.74) is 4.12. The molecule has 1 amide bonds. The summed E-state index contributed by atoms with van der Waals surface area (Å²) in [6.45, 7) is 0. The standard InChI is InChI=1S/C21H15ClN2O3/c22-18-10-8-16(9-11-18)20(25)24-23-14-15-6-12-19(13-7-15)27-21(26)17-4-2-1-3-5-17/h1-14H,(H,24,25). The first-order chi connectivity index (χ1) is 13.1. The molecule has 0 spiro atoms. The van der Waals surface area contributed by atoms with Crippen molar-refractivity contribution in [2.45, 2.75) is 0 Å². The maximum atomic E-state index is 12.0. The van der Waals surface area contributed by atoms with Crippen LogP contribution in [0.25, 0.3) is 0 Å². The Labute approximate surface area is 161 Å². The fourth-order valence-corrected chi connectivity index (χ4v) is 2.32. The first-order valence-electron chi connectivity index (χ1n) is 8.08. The number of carbonyl (C=O) groups excluding carboxylic acids is 2. The summed E-state index contributed by atoms with van der Waals surface area (Å²) in [5.74, 6) is -0.338. The second-order valence-corrected chi connectivity index (χ2v) is 5.97. The molecule has 3 rings (SSSR count). The summed E-state index contributed by atoms with van der Waals surface area (Å²) in [5, 5.41) is 4.47. The van der Waals surface area contributed by atoms with Crippen LogP contribution in [0.4, 0.5) is 0 Å². The molecule has 0 atom stereocenters. The van der Waals surface area contributed by atoms with E-state index in [-0.39, 0.29) is 5.91 Å². The first kappa shape index (κ1) is 18.4. The number of benzene rings is 3. The number of hydrogen-bond acceptors (Lipinski definition) is 4. The molecule has 6 heteroatoms. The van der Waals surface area contributed by atoms with Gasteiger partial charge in [-0.3, -0.25) is 4.79 Å². The fourth-order valence-electron chi connectivity index (χ4n) is 2.19. The molecule has 5 nitrogen and oxygen atoms in total. The van der Waals surface area contributed by atoms with Crippen molar-refractivity contribution in [1.29, 1.82) is 0 Å². The first-order valence-corrected chi connectivity index (χ1v) is 8.46. The Balaban J connectivity index is 1.55. The fraction of sp³-hybridized carbons (Fsp3) is 0. The van der Waals surface area contributed by atoms with Crippen LogP contribution in [0.1, 0.15) is 26.3 Å². The Bertz CT molecular complexity index is 953. The second-order valence-electron chi connectivity index (χ2n) is 5.53. The van der Waals surface area contributed by atoms with Crippen LogP contribution in [0.3, 0.4) is 0 Å². The lowest BCUT2D eigenvalue weighted by atomic mass is 10.2. The van der Waals surface area contributed by atoms with E-state index in [9.17, 15) is 9.59 Å². The van der Waals surface area contributed by atoms with Gasteiger partial charge in [0.1, 0.15) is 5.75 Å². The van der Waals surface area contributed by atoms with Crippen molar-refractivity contribution >= 4 is 29.7 Å². The van der Waals surface area contributed by atoms with E-state index in [0.717, 1.165) is 5.56 Å². The number of esters is 1. The Morgan fingerprint density at radius 3 is 2.19 bits per heavy atom. The average Bonchev–Trinajstić information content (AvgIpc) is 2.70. The van der Waals surface area contributed by atoms with Crippen molar-refractivity contribution < 1.29 is 14.3 Å². The molecule has 3 aromatic carbocycles. The van der Waals surface area contributed by atoms with E-state index in [1.807, 2.05) is 6.07 Å². The molecule has 3 aromatic rings. The zero-order valence-corrected chi connectivity index (χ0v) is 14.9. The predicted molar refractivity (Wildman–Crippen MR) is 104 cm³/mol. The van der Waals surface area contributed by atoms with Gasteiger partial charge in [-0.2, -0.15) is 5.10 Å². The number of ether oxygens (including phenoxy) is 1. The number of hydrogen-bond donors (Lipinski definition) is 1. The van der Waals surface area contributed by atoms with E-state index in [2.05, 4.69) is 10.5 Å². The van der Waals surface area contributed by atoms with E-state index < -0.39 is 5.97 Å². The number of carbonyl (C=O) groups is 2. The molecule has 0 radical (unpaired) electrons. The third kappa shape index (κ3) is 5.26. The number of nitrogens with zero attached hydrogens (tertiary/aromatic N) is 1. The Kier molecular flexibility index (Phi) is 5.97. The van der Waals surface area contributed by atoms with Gasteiger partial charge in [-0.25, -0.2) is 10.2 Å². The highest BCUT2D eigenvalue weighted by molar-refractivity contribution is 6.30. The molecule has 1 N–H and O–H groups in total. The van der Waals surface area contributed by atoms with E-state index in [0.29, 0.717) is 21.9 Å². The molecule has 0 saturated carbocycles. The van der Waals surface area contributed by atoms with Crippen LogP contribution in [0, 0.1) is 0 Å². The summed E-state index contributed by atoms with van der Waals surface area (Å²) >= 11 is 5.79. The Hall–Kier alpha value is -3.44. The highest BCUT2D eigenvalue weighted by atomic mass is 35.5. The molecule has 27 heavy (non-hydrogen) atoms. The highest BCUT2D eigenvalue weighted by Crippen LogP contribution is 2.14. The minimum atomic E-state index is -0.424. The van der Waals surface area contributed by atoms with E-state index in [1.54, 1.807) is 72.8 Å². The van der Waals surface area contributed by atoms with E-state index >= 15 is 0 Å². The van der Waals surface area contributed by atoms with Crippen LogP contribution in [-0.2, 0) is 0 Å². The van der Waals surface area contributed by atoms with Crippen molar-refractivity contribution in [3.63, 3.8) is 0 Å². The van der Waals surface area contributed by atoms with E-state index in [1.165, 1.54) is 6.21 Å². The van der Waals surface area contributed by atoms with Gasteiger partial charge in [-0.1, -0.05) is 29.8 Å². The third-order valence-electron chi connectivity index (χ3n) is 3.59. The molecule has 0 aliphatic rings. The lowest BCUT2D eigenvalue weighted by Gasteiger charge is -2.04.